The maximum atomic E-state index is 12.2. The van der Waals surface area contributed by atoms with Gasteiger partial charge in [-0.1, -0.05) is 24.3 Å². The number of rotatable bonds is 3. The Kier molecular flexibility index (Phi) is 3.34. The van der Waals surface area contributed by atoms with Gasteiger partial charge < -0.3 is 5.11 Å². The lowest BCUT2D eigenvalue weighted by molar-refractivity contribution is 0.150. The van der Waals surface area contributed by atoms with Crippen LogP contribution in [-0.2, 0) is 16.6 Å². The van der Waals surface area contributed by atoms with Crippen molar-refractivity contribution in [2.24, 2.45) is 0 Å². The lowest BCUT2D eigenvalue weighted by Crippen LogP contribution is -2.43. The van der Waals surface area contributed by atoms with E-state index >= 15 is 0 Å². The first kappa shape index (κ1) is 13.1. The molecule has 1 aromatic carbocycles. The molecule has 0 saturated carbocycles. The molecule has 1 saturated heterocycles. The zero-order valence-electron chi connectivity index (χ0n) is 10.6. The number of hydrogen-bond acceptors (Lipinski definition) is 3. The van der Waals surface area contributed by atoms with Crippen molar-refractivity contribution in [3.05, 3.63) is 35.4 Å². The summed E-state index contributed by atoms with van der Waals surface area (Å²) in [7, 11) is -3.50. The van der Waals surface area contributed by atoms with Crippen LogP contribution in [0.1, 0.15) is 30.0 Å². The summed E-state index contributed by atoms with van der Waals surface area (Å²) in [5.41, 5.74) is 1.90. The molecule has 2 aliphatic rings. The molecule has 0 unspecified atom stereocenters. The van der Waals surface area contributed by atoms with E-state index in [-0.39, 0.29) is 0 Å². The highest BCUT2D eigenvalue weighted by molar-refractivity contribution is 7.87. The highest BCUT2D eigenvalue weighted by Crippen LogP contribution is 2.32. The average molecular weight is 282 g/mol. The second-order valence-electron chi connectivity index (χ2n) is 5.18. The van der Waals surface area contributed by atoms with Crippen LogP contribution in [0.15, 0.2) is 24.3 Å². The molecule has 1 fully saturated rings. The van der Waals surface area contributed by atoms with Crippen molar-refractivity contribution in [1.82, 2.24) is 9.03 Å². The second-order valence-corrected chi connectivity index (χ2v) is 6.88. The van der Waals surface area contributed by atoms with Crippen molar-refractivity contribution in [2.45, 2.75) is 31.4 Å². The van der Waals surface area contributed by atoms with Crippen LogP contribution in [0.5, 0.6) is 0 Å². The molecule has 104 valence electrons. The molecular weight excluding hydrogens is 264 g/mol. The lowest BCUT2D eigenvalue weighted by Gasteiger charge is -2.22. The van der Waals surface area contributed by atoms with E-state index in [4.69, 9.17) is 0 Å². The summed E-state index contributed by atoms with van der Waals surface area (Å²) in [4.78, 5) is 0. The molecule has 0 bridgehead atoms. The summed E-state index contributed by atoms with van der Waals surface area (Å²) in [6, 6.07) is 7.06. The van der Waals surface area contributed by atoms with Gasteiger partial charge in [0.2, 0.25) is 0 Å². The third-order valence-corrected chi connectivity index (χ3v) is 5.48. The van der Waals surface area contributed by atoms with E-state index < -0.39 is 22.4 Å². The Morgan fingerprint density at radius 1 is 1.21 bits per heavy atom. The van der Waals surface area contributed by atoms with E-state index in [0.29, 0.717) is 19.5 Å². The third-order valence-electron chi connectivity index (χ3n) is 3.88. The van der Waals surface area contributed by atoms with Crippen LogP contribution in [-0.4, -0.2) is 37.0 Å². The van der Waals surface area contributed by atoms with Crippen LogP contribution in [0.2, 0.25) is 0 Å². The monoisotopic (exact) mass is 282 g/mol. The van der Waals surface area contributed by atoms with Gasteiger partial charge >= 0.3 is 0 Å². The Balaban J connectivity index is 1.83. The van der Waals surface area contributed by atoms with Gasteiger partial charge in [-0.05, 0) is 24.0 Å². The molecular formula is C13H18N2O3S. The molecule has 1 aliphatic carbocycles. The molecule has 19 heavy (non-hydrogen) atoms. The zero-order valence-corrected chi connectivity index (χ0v) is 11.4. The van der Waals surface area contributed by atoms with Crippen LogP contribution in [0.4, 0.5) is 0 Å². The average Bonchev–Trinajstić information content (AvgIpc) is 2.99. The molecule has 0 spiro atoms. The molecule has 2 atom stereocenters. The number of fused-ring (bicyclic) bond motifs is 1. The van der Waals surface area contributed by atoms with E-state index in [0.717, 1.165) is 24.0 Å². The number of nitrogens with one attached hydrogen (secondary N) is 1. The van der Waals surface area contributed by atoms with Crippen molar-refractivity contribution in [2.75, 3.05) is 13.1 Å². The third kappa shape index (κ3) is 2.41. The van der Waals surface area contributed by atoms with Crippen molar-refractivity contribution in [3.8, 4) is 0 Å². The van der Waals surface area contributed by atoms with Gasteiger partial charge in [0.25, 0.3) is 10.2 Å². The number of aliphatic hydroxyl groups is 1. The summed E-state index contributed by atoms with van der Waals surface area (Å²) in [5, 5.41) is 10.1. The summed E-state index contributed by atoms with van der Waals surface area (Å²) in [5.74, 6) is 0. The first-order chi connectivity index (χ1) is 9.08. The minimum atomic E-state index is -3.50. The molecule has 2 N–H and O–H groups in total. The Bertz CT molecular complexity index is 567. The number of hydrogen-bond donors (Lipinski definition) is 2. The van der Waals surface area contributed by atoms with Gasteiger partial charge in [0.05, 0.1) is 12.1 Å². The van der Waals surface area contributed by atoms with E-state index in [1.165, 1.54) is 4.31 Å². The Hall–Kier alpha value is -0.950. The van der Waals surface area contributed by atoms with Crippen molar-refractivity contribution in [1.29, 1.82) is 0 Å². The predicted molar refractivity (Wildman–Crippen MR) is 71.8 cm³/mol. The van der Waals surface area contributed by atoms with Gasteiger partial charge in [0, 0.05) is 19.5 Å². The number of aliphatic hydroxyl groups excluding tert-OH is 1. The fourth-order valence-corrected chi connectivity index (χ4v) is 4.37. The van der Waals surface area contributed by atoms with Gasteiger partial charge in [-0.15, -0.1) is 0 Å². The topological polar surface area (TPSA) is 69.6 Å². The molecule has 3 rings (SSSR count). The summed E-state index contributed by atoms with van der Waals surface area (Å²) in [6.45, 7) is 1.14. The SMILES string of the molecule is O=S(=O)(N[C@@H]1c2ccccc2C[C@@H]1O)N1CCCC1. The van der Waals surface area contributed by atoms with Gasteiger partial charge in [0.1, 0.15) is 0 Å². The van der Waals surface area contributed by atoms with Crippen LogP contribution in [0, 0.1) is 0 Å². The van der Waals surface area contributed by atoms with Crippen LogP contribution in [0.3, 0.4) is 0 Å². The van der Waals surface area contributed by atoms with E-state index in [1.54, 1.807) is 0 Å². The highest BCUT2D eigenvalue weighted by Gasteiger charge is 2.36. The molecule has 1 aliphatic heterocycles. The quantitative estimate of drug-likeness (QED) is 0.852. The largest absolute Gasteiger partial charge is 0.391 e. The van der Waals surface area contributed by atoms with Crippen LogP contribution in [0.25, 0.3) is 0 Å². The van der Waals surface area contributed by atoms with Crippen molar-refractivity contribution < 1.29 is 13.5 Å². The molecule has 1 aromatic rings. The minimum absolute atomic E-state index is 0.503. The second kappa shape index (κ2) is 4.86. The number of benzene rings is 1. The maximum absolute atomic E-state index is 12.2. The first-order valence-electron chi connectivity index (χ1n) is 6.61. The van der Waals surface area contributed by atoms with E-state index in [2.05, 4.69) is 4.72 Å². The lowest BCUT2D eigenvalue weighted by atomic mass is 10.1. The Labute approximate surface area is 113 Å². The predicted octanol–water partition coefficient (Wildman–Crippen LogP) is 0.575. The Morgan fingerprint density at radius 2 is 1.89 bits per heavy atom. The van der Waals surface area contributed by atoms with Gasteiger partial charge in [-0.25, -0.2) is 0 Å². The summed E-state index contributed by atoms with van der Waals surface area (Å²) in [6.07, 6.45) is 1.63. The van der Waals surface area contributed by atoms with Gasteiger partial charge in [0.15, 0.2) is 0 Å². The van der Waals surface area contributed by atoms with Gasteiger partial charge in [-0.3, -0.25) is 0 Å². The molecule has 0 amide bonds. The summed E-state index contributed by atoms with van der Waals surface area (Å²) < 4.78 is 28.6. The molecule has 6 heteroatoms. The van der Waals surface area contributed by atoms with Crippen molar-refractivity contribution in [3.63, 3.8) is 0 Å². The molecule has 1 heterocycles. The standard InChI is InChI=1S/C13H18N2O3S/c16-12-9-10-5-1-2-6-11(10)13(12)14-19(17,18)15-7-3-4-8-15/h1-2,5-6,12-14,16H,3-4,7-9H2/t12-,13+/m0/s1. The van der Waals surface area contributed by atoms with E-state index in [1.807, 2.05) is 24.3 Å². The Morgan fingerprint density at radius 3 is 2.63 bits per heavy atom. The molecule has 0 radical (unpaired) electrons. The van der Waals surface area contributed by atoms with Crippen molar-refractivity contribution >= 4 is 10.2 Å². The fraction of sp³-hybridized carbons (Fsp3) is 0.538. The molecule has 5 nitrogen and oxygen atoms in total. The first-order valence-corrected chi connectivity index (χ1v) is 8.05. The maximum Gasteiger partial charge on any atom is 0.280 e. The highest BCUT2D eigenvalue weighted by atomic mass is 32.2. The van der Waals surface area contributed by atoms with Gasteiger partial charge in [-0.2, -0.15) is 17.4 Å². The summed E-state index contributed by atoms with van der Waals surface area (Å²) >= 11 is 0. The minimum Gasteiger partial charge on any atom is -0.391 e. The smallest absolute Gasteiger partial charge is 0.280 e. The fourth-order valence-electron chi connectivity index (χ4n) is 2.88. The number of nitrogens with zero attached hydrogens (tertiary/aromatic N) is 1. The molecule has 0 aromatic heterocycles. The van der Waals surface area contributed by atoms with E-state index in [9.17, 15) is 13.5 Å². The van der Waals surface area contributed by atoms with Crippen LogP contribution < -0.4 is 4.72 Å². The zero-order chi connectivity index (χ0) is 13.5. The normalized spacial score (nSPS) is 27.6. The van der Waals surface area contributed by atoms with Crippen LogP contribution >= 0.6 is 0 Å².